The Labute approximate surface area is 113 Å². The second-order valence-electron chi connectivity index (χ2n) is 4.94. The van der Waals surface area contributed by atoms with Crippen molar-refractivity contribution in [2.45, 2.75) is 25.9 Å². The molecule has 19 heavy (non-hydrogen) atoms. The average Bonchev–Trinajstić information content (AvgIpc) is 2.41. The zero-order valence-electron chi connectivity index (χ0n) is 11.3. The minimum absolute atomic E-state index is 0.0573. The zero-order valence-corrected chi connectivity index (χ0v) is 11.3. The van der Waals surface area contributed by atoms with Crippen molar-refractivity contribution in [2.75, 3.05) is 26.2 Å². The molecule has 4 heteroatoms. The molecule has 1 saturated heterocycles. The number of halogens is 1. The molecule has 1 fully saturated rings. The average molecular weight is 265 g/mol. The Hall–Kier alpha value is -1.26. The summed E-state index contributed by atoms with van der Waals surface area (Å²) in [6.45, 7) is 4.70. The second kappa shape index (κ2) is 6.78. The minimum atomic E-state index is -0.302. The topological polar surface area (TPSA) is 29.5 Å². The summed E-state index contributed by atoms with van der Waals surface area (Å²) in [5.41, 5.74) is 0.479. The van der Waals surface area contributed by atoms with Crippen molar-refractivity contribution in [1.82, 2.24) is 4.90 Å². The van der Waals surface area contributed by atoms with E-state index >= 15 is 0 Å². The van der Waals surface area contributed by atoms with Crippen LogP contribution < -0.4 is 0 Å². The molecular formula is C15H20FNO2. The first-order valence-electron chi connectivity index (χ1n) is 6.78. The summed E-state index contributed by atoms with van der Waals surface area (Å²) >= 11 is 0. The van der Waals surface area contributed by atoms with E-state index in [-0.39, 0.29) is 24.1 Å². The van der Waals surface area contributed by atoms with Crippen molar-refractivity contribution < 1.29 is 13.9 Å². The third-order valence-electron chi connectivity index (χ3n) is 3.42. The minimum Gasteiger partial charge on any atom is -0.376 e. The van der Waals surface area contributed by atoms with Gasteiger partial charge in [0.2, 0.25) is 0 Å². The lowest BCUT2D eigenvalue weighted by molar-refractivity contribution is -0.121. The van der Waals surface area contributed by atoms with Crippen LogP contribution in [0.15, 0.2) is 24.3 Å². The van der Waals surface area contributed by atoms with Crippen LogP contribution in [0.2, 0.25) is 0 Å². The van der Waals surface area contributed by atoms with Crippen LogP contribution in [0.1, 0.15) is 18.9 Å². The second-order valence-corrected chi connectivity index (χ2v) is 4.94. The van der Waals surface area contributed by atoms with Gasteiger partial charge in [0, 0.05) is 19.5 Å². The predicted molar refractivity (Wildman–Crippen MR) is 71.6 cm³/mol. The van der Waals surface area contributed by atoms with Crippen LogP contribution in [0.25, 0.3) is 0 Å². The van der Waals surface area contributed by atoms with Crippen LogP contribution in [-0.2, 0) is 16.0 Å². The van der Waals surface area contributed by atoms with E-state index in [1.54, 1.807) is 18.2 Å². The van der Waals surface area contributed by atoms with Crippen LogP contribution in [0, 0.1) is 5.82 Å². The molecule has 1 unspecified atom stereocenters. The first-order valence-corrected chi connectivity index (χ1v) is 6.78. The van der Waals surface area contributed by atoms with Gasteiger partial charge in [0.1, 0.15) is 5.82 Å². The van der Waals surface area contributed by atoms with Crippen molar-refractivity contribution in [2.24, 2.45) is 0 Å². The number of ether oxygens (including phenoxy) is 1. The highest BCUT2D eigenvalue weighted by Crippen LogP contribution is 2.10. The van der Waals surface area contributed by atoms with Gasteiger partial charge in [-0.2, -0.15) is 0 Å². The zero-order chi connectivity index (χ0) is 13.7. The summed E-state index contributed by atoms with van der Waals surface area (Å²) < 4.78 is 19.0. The number of hydrogen-bond donors (Lipinski definition) is 0. The molecule has 1 atom stereocenters. The summed E-state index contributed by atoms with van der Waals surface area (Å²) in [6.07, 6.45) is 1.34. The van der Waals surface area contributed by atoms with Gasteiger partial charge in [-0.15, -0.1) is 0 Å². The van der Waals surface area contributed by atoms with Gasteiger partial charge < -0.3 is 4.74 Å². The summed E-state index contributed by atoms with van der Waals surface area (Å²) in [6, 6.07) is 6.45. The van der Waals surface area contributed by atoms with E-state index in [4.69, 9.17) is 4.74 Å². The van der Waals surface area contributed by atoms with Crippen LogP contribution >= 0.6 is 0 Å². The molecule has 0 aliphatic carbocycles. The Morgan fingerprint density at radius 2 is 2.26 bits per heavy atom. The maximum Gasteiger partial charge on any atom is 0.151 e. The molecule has 104 valence electrons. The fourth-order valence-electron chi connectivity index (χ4n) is 2.33. The smallest absolute Gasteiger partial charge is 0.151 e. The first-order chi connectivity index (χ1) is 9.19. The Kier molecular flexibility index (Phi) is 5.05. The van der Waals surface area contributed by atoms with Gasteiger partial charge in [-0.05, 0) is 18.1 Å². The molecule has 1 aromatic carbocycles. The largest absolute Gasteiger partial charge is 0.376 e. The Morgan fingerprint density at radius 3 is 3.00 bits per heavy atom. The number of carbonyl (C=O) groups excluding carboxylic acids is 1. The van der Waals surface area contributed by atoms with E-state index in [1.165, 1.54) is 6.07 Å². The molecule has 0 saturated carbocycles. The Bertz CT molecular complexity index is 436. The van der Waals surface area contributed by atoms with Crippen molar-refractivity contribution >= 4 is 5.78 Å². The molecule has 3 nitrogen and oxygen atoms in total. The van der Waals surface area contributed by atoms with E-state index in [2.05, 4.69) is 11.8 Å². The molecule has 0 spiro atoms. The fraction of sp³-hybridized carbons (Fsp3) is 0.533. The van der Waals surface area contributed by atoms with Crippen LogP contribution in [0.3, 0.4) is 0 Å². The highest BCUT2D eigenvalue weighted by atomic mass is 19.1. The lowest BCUT2D eigenvalue weighted by Gasteiger charge is -2.31. The van der Waals surface area contributed by atoms with Crippen LogP contribution in [0.5, 0.6) is 0 Å². The Balaban J connectivity index is 1.86. The third kappa shape index (κ3) is 4.11. The highest BCUT2D eigenvalue weighted by Gasteiger charge is 2.21. The third-order valence-corrected chi connectivity index (χ3v) is 3.42. The lowest BCUT2D eigenvalue weighted by Crippen LogP contribution is -2.44. The van der Waals surface area contributed by atoms with Gasteiger partial charge in [0.15, 0.2) is 5.78 Å². The molecule has 0 amide bonds. The molecule has 2 rings (SSSR count). The molecule has 1 heterocycles. The number of nitrogens with zero attached hydrogens (tertiary/aromatic N) is 1. The highest BCUT2D eigenvalue weighted by molar-refractivity contribution is 5.82. The van der Waals surface area contributed by atoms with Gasteiger partial charge >= 0.3 is 0 Å². The standard InChI is InChI=1S/C15H20FNO2/c1-2-14-11-17(7-8-19-14)10-13(18)9-12-5-3-4-6-15(12)16/h3-6,14H,2,7-11H2,1H3. The van der Waals surface area contributed by atoms with Gasteiger partial charge in [-0.25, -0.2) is 4.39 Å². The molecule has 0 bridgehead atoms. The van der Waals surface area contributed by atoms with Crippen molar-refractivity contribution in [1.29, 1.82) is 0 Å². The molecule has 1 aliphatic heterocycles. The molecule has 0 N–H and O–H groups in total. The monoisotopic (exact) mass is 265 g/mol. The van der Waals surface area contributed by atoms with Gasteiger partial charge in [-0.3, -0.25) is 9.69 Å². The van der Waals surface area contributed by atoms with Gasteiger partial charge in [0.05, 0.1) is 19.3 Å². The summed E-state index contributed by atoms with van der Waals surface area (Å²) in [7, 11) is 0. The molecule has 1 aliphatic rings. The summed E-state index contributed by atoms with van der Waals surface area (Å²) in [5, 5.41) is 0. The number of rotatable bonds is 5. The van der Waals surface area contributed by atoms with Gasteiger partial charge in [0.25, 0.3) is 0 Å². The molecule has 0 aromatic heterocycles. The fourth-order valence-corrected chi connectivity index (χ4v) is 2.33. The van der Waals surface area contributed by atoms with Crippen molar-refractivity contribution in [3.8, 4) is 0 Å². The van der Waals surface area contributed by atoms with E-state index in [1.807, 2.05) is 0 Å². The van der Waals surface area contributed by atoms with E-state index < -0.39 is 0 Å². The number of benzene rings is 1. The predicted octanol–water partition coefficient (Wildman–Crippen LogP) is 2.05. The maximum absolute atomic E-state index is 13.5. The van der Waals surface area contributed by atoms with Crippen LogP contribution in [-0.4, -0.2) is 43.0 Å². The first kappa shape index (κ1) is 14.2. The number of hydrogen-bond acceptors (Lipinski definition) is 3. The normalized spacial score (nSPS) is 20.4. The SMILES string of the molecule is CCC1CN(CC(=O)Cc2ccccc2F)CCO1. The Morgan fingerprint density at radius 1 is 1.47 bits per heavy atom. The molecule has 0 radical (unpaired) electrons. The molecular weight excluding hydrogens is 245 g/mol. The van der Waals surface area contributed by atoms with E-state index in [0.717, 1.165) is 19.5 Å². The maximum atomic E-state index is 13.5. The van der Waals surface area contributed by atoms with Crippen molar-refractivity contribution in [3.63, 3.8) is 0 Å². The number of morpholine rings is 1. The van der Waals surface area contributed by atoms with E-state index in [9.17, 15) is 9.18 Å². The summed E-state index contributed by atoms with van der Waals surface area (Å²) in [4.78, 5) is 14.1. The summed E-state index contributed by atoms with van der Waals surface area (Å²) in [5.74, 6) is -0.244. The number of Topliss-reactive ketones (excluding diaryl/α,β-unsaturated/α-hetero) is 1. The van der Waals surface area contributed by atoms with Gasteiger partial charge in [-0.1, -0.05) is 25.1 Å². The lowest BCUT2D eigenvalue weighted by atomic mass is 10.1. The van der Waals surface area contributed by atoms with Crippen molar-refractivity contribution in [3.05, 3.63) is 35.6 Å². The number of carbonyl (C=O) groups is 1. The number of ketones is 1. The van der Waals surface area contributed by atoms with Crippen LogP contribution in [0.4, 0.5) is 4.39 Å². The molecule has 1 aromatic rings. The van der Waals surface area contributed by atoms with E-state index in [0.29, 0.717) is 18.7 Å². The quantitative estimate of drug-likeness (QED) is 0.816.